The second-order valence-corrected chi connectivity index (χ2v) is 9.74. The van der Waals surface area contributed by atoms with Crippen LogP contribution in [0.15, 0.2) is 30.3 Å². The number of aromatic nitrogens is 1. The molecular weight excluding hydrogens is 342 g/mol. The van der Waals surface area contributed by atoms with Crippen molar-refractivity contribution in [3.05, 3.63) is 51.5 Å². The minimum Gasteiger partial charge on any atom is -0.348 e. The Balaban J connectivity index is 1.70. The monoisotopic (exact) mass is 371 g/mol. The molecule has 0 atom stereocenters. The summed E-state index contributed by atoms with van der Waals surface area (Å²) in [6, 6.07) is 10.4. The zero-order valence-corrected chi connectivity index (χ0v) is 17.2. The van der Waals surface area contributed by atoms with Crippen LogP contribution < -0.4 is 10.6 Å². The third kappa shape index (κ3) is 4.71. The topological polar surface area (TPSA) is 54.0 Å². The number of hydrogen-bond donors (Lipinski definition) is 2. The van der Waals surface area contributed by atoms with Gasteiger partial charge in [0.15, 0.2) is 0 Å². The van der Waals surface area contributed by atoms with Crippen molar-refractivity contribution in [2.45, 2.75) is 71.0 Å². The number of rotatable bonds is 4. The van der Waals surface area contributed by atoms with Gasteiger partial charge in [-0.05, 0) is 53.0 Å². The van der Waals surface area contributed by atoms with Crippen LogP contribution in [0.3, 0.4) is 0 Å². The largest absolute Gasteiger partial charge is 0.348 e. The molecule has 0 aliphatic carbocycles. The molecule has 3 rings (SSSR count). The molecule has 0 radical (unpaired) electrons. The predicted octanol–water partition coefficient (Wildman–Crippen LogP) is 4.08. The molecule has 1 aliphatic rings. The summed E-state index contributed by atoms with van der Waals surface area (Å²) < 4.78 is 0. The van der Waals surface area contributed by atoms with Crippen molar-refractivity contribution in [3.8, 4) is 0 Å². The van der Waals surface area contributed by atoms with Crippen molar-refractivity contribution >= 4 is 17.2 Å². The van der Waals surface area contributed by atoms with Crippen molar-refractivity contribution in [2.75, 3.05) is 0 Å². The molecule has 1 saturated heterocycles. The van der Waals surface area contributed by atoms with Crippen molar-refractivity contribution in [1.82, 2.24) is 15.6 Å². The van der Waals surface area contributed by atoms with Crippen LogP contribution in [-0.4, -0.2) is 28.0 Å². The maximum absolute atomic E-state index is 12.9. The quantitative estimate of drug-likeness (QED) is 0.851. The number of hydrogen-bond acceptors (Lipinski definition) is 4. The van der Waals surface area contributed by atoms with Crippen LogP contribution >= 0.6 is 11.3 Å². The maximum atomic E-state index is 12.9. The van der Waals surface area contributed by atoms with Gasteiger partial charge in [-0.3, -0.25) is 4.79 Å². The van der Waals surface area contributed by atoms with E-state index in [1.165, 1.54) is 16.9 Å². The highest BCUT2D eigenvalue weighted by molar-refractivity contribution is 7.13. The number of amides is 1. The highest BCUT2D eigenvalue weighted by atomic mass is 32.1. The lowest BCUT2D eigenvalue weighted by molar-refractivity contribution is 0.0876. The maximum Gasteiger partial charge on any atom is 0.263 e. The average Bonchev–Trinajstić information content (AvgIpc) is 2.85. The third-order valence-electron chi connectivity index (χ3n) is 4.77. The highest BCUT2D eigenvalue weighted by Gasteiger charge is 2.38. The molecule has 2 heterocycles. The van der Waals surface area contributed by atoms with Gasteiger partial charge in [0.1, 0.15) is 4.88 Å². The molecule has 140 valence electrons. The molecule has 1 fully saturated rings. The van der Waals surface area contributed by atoms with Gasteiger partial charge in [0.05, 0.1) is 10.7 Å². The lowest BCUT2D eigenvalue weighted by Gasteiger charge is -2.46. The van der Waals surface area contributed by atoms with Gasteiger partial charge in [-0.1, -0.05) is 30.3 Å². The van der Waals surface area contributed by atoms with Crippen molar-refractivity contribution in [3.63, 3.8) is 0 Å². The number of carbonyl (C=O) groups excluding carboxylic acids is 1. The second-order valence-electron chi connectivity index (χ2n) is 8.66. The molecule has 0 saturated carbocycles. The number of carbonyl (C=O) groups is 1. The molecule has 0 unspecified atom stereocenters. The van der Waals surface area contributed by atoms with Gasteiger partial charge in [0.2, 0.25) is 0 Å². The average molecular weight is 372 g/mol. The van der Waals surface area contributed by atoms with Crippen molar-refractivity contribution < 1.29 is 4.79 Å². The first-order valence-electron chi connectivity index (χ1n) is 9.24. The Bertz CT molecular complexity index is 764. The normalized spacial score (nSPS) is 19.3. The Hall–Kier alpha value is -1.72. The minimum absolute atomic E-state index is 0.0119. The summed E-state index contributed by atoms with van der Waals surface area (Å²) in [5.41, 5.74) is 2.07. The fraction of sp³-hybridized carbons (Fsp3) is 0.524. The molecule has 0 bridgehead atoms. The van der Waals surface area contributed by atoms with Crippen LogP contribution in [0.5, 0.6) is 0 Å². The van der Waals surface area contributed by atoms with E-state index < -0.39 is 0 Å². The molecule has 2 N–H and O–H groups in total. The molecule has 1 aliphatic heterocycles. The highest BCUT2D eigenvalue weighted by Crippen LogP contribution is 2.29. The van der Waals surface area contributed by atoms with Crippen LogP contribution in [0.1, 0.15) is 66.5 Å². The fourth-order valence-corrected chi connectivity index (χ4v) is 5.19. The van der Waals surface area contributed by atoms with Gasteiger partial charge in [-0.2, -0.15) is 0 Å². The van der Waals surface area contributed by atoms with E-state index in [2.05, 4.69) is 55.4 Å². The number of aryl methyl sites for hydroxylation is 1. The Morgan fingerprint density at radius 1 is 1.19 bits per heavy atom. The molecular formula is C21H29N3OS. The minimum atomic E-state index is 0.0119. The molecule has 26 heavy (non-hydrogen) atoms. The van der Waals surface area contributed by atoms with E-state index in [0.717, 1.165) is 34.8 Å². The van der Waals surface area contributed by atoms with Gasteiger partial charge in [0.25, 0.3) is 5.91 Å². The molecule has 1 amide bonds. The molecule has 1 aromatic heterocycles. The first-order valence-corrected chi connectivity index (χ1v) is 10.1. The Kier molecular flexibility index (Phi) is 5.22. The summed E-state index contributed by atoms with van der Waals surface area (Å²) in [6.07, 6.45) is 2.63. The first-order chi connectivity index (χ1) is 12.1. The SMILES string of the molecule is Cc1nc(Cc2ccccc2)sc1C(=O)NC1CC(C)(C)NC(C)(C)C1. The van der Waals surface area contributed by atoms with E-state index >= 15 is 0 Å². The Morgan fingerprint density at radius 2 is 1.81 bits per heavy atom. The number of nitrogens with one attached hydrogen (secondary N) is 2. The van der Waals surface area contributed by atoms with Gasteiger partial charge >= 0.3 is 0 Å². The summed E-state index contributed by atoms with van der Waals surface area (Å²) in [5.74, 6) is 0.0119. The van der Waals surface area contributed by atoms with Crippen LogP contribution in [0.4, 0.5) is 0 Å². The first kappa shape index (κ1) is 19.1. The van der Waals surface area contributed by atoms with Crippen LogP contribution in [0.25, 0.3) is 0 Å². The summed E-state index contributed by atoms with van der Waals surface area (Å²) >= 11 is 1.51. The zero-order chi connectivity index (χ0) is 18.9. The molecule has 5 heteroatoms. The molecule has 2 aromatic rings. The summed E-state index contributed by atoms with van der Waals surface area (Å²) in [6.45, 7) is 10.7. The predicted molar refractivity (Wildman–Crippen MR) is 108 cm³/mol. The van der Waals surface area contributed by atoms with E-state index in [1.54, 1.807) is 0 Å². The van der Waals surface area contributed by atoms with Gasteiger partial charge < -0.3 is 10.6 Å². The summed E-state index contributed by atoms with van der Waals surface area (Å²) in [4.78, 5) is 18.2. The molecule has 0 spiro atoms. The molecule has 4 nitrogen and oxygen atoms in total. The van der Waals surface area contributed by atoms with E-state index in [0.29, 0.717) is 0 Å². The number of piperidine rings is 1. The molecule has 1 aromatic carbocycles. The second kappa shape index (κ2) is 7.12. The smallest absolute Gasteiger partial charge is 0.263 e. The zero-order valence-electron chi connectivity index (χ0n) is 16.3. The van der Waals surface area contributed by atoms with Crippen LogP contribution in [0, 0.1) is 6.92 Å². The number of benzene rings is 1. The van der Waals surface area contributed by atoms with E-state index in [4.69, 9.17) is 0 Å². The van der Waals surface area contributed by atoms with Crippen molar-refractivity contribution in [1.29, 1.82) is 0 Å². The number of nitrogens with zero attached hydrogens (tertiary/aromatic N) is 1. The van der Waals surface area contributed by atoms with Gasteiger partial charge in [0, 0.05) is 23.5 Å². The van der Waals surface area contributed by atoms with E-state index in [1.807, 2.05) is 25.1 Å². The Labute approximate surface area is 160 Å². The van der Waals surface area contributed by atoms with Crippen LogP contribution in [-0.2, 0) is 6.42 Å². The lowest BCUT2D eigenvalue weighted by Crippen LogP contribution is -2.62. The third-order valence-corrected chi connectivity index (χ3v) is 5.93. The summed E-state index contributed by atoms with van der Waals surface area (Å²) in [7, 11) is 0. The van der Waals surface area contributed by atoms with Crippen molar-refractivity contribution in [2.24, 2.45) is 0 Å². The summed E-state index contributed by atoms with van der Waals surface area (Å²) in [5, 5.41) is 7.90. The van der Waals surface area contributed by atoms with E-state index in [9.17, 15) is 4.79 Å². The van der Waals surface area contributed by atoms with Gasteiger partial charge in [-0.25, -0.2) is 4.98 Å². The van der Waals surface area contributed by atoms with E-state index in [-0.39, 0.29) is 23.0 Å². The fourth-order valence-electron chi connectivity index (χ4n) is 4.18. The Morgan fingerprint density at radius 3 is 2.42 bits per heavy atom. The standard InChI is InChI=1S/C21H29N3OS/c1-14-18(26-17(22-14)11-15-9-7-6-8-10-15)19(25)23-16-12-20(2,3)24-21(4,5)13-16/h6-10,16,24H,11-13H2,1-5H3,(H,23,25). The lowest BCUT2D eigenvalue weighted by atomic mass is 9.79. The van der Waals surface area contributed by atoms with Crippen LogP contribution in [0.2, 0.25) is 0 Å². The van der Waals surface area contributed by atoms with Gasteiger partial charge in [-0.15, -0.1) is 11.3 Å². The number of thiazole rings is 1.